The molecule has 1 heterocycles. The summed E-state index contributed by atoms with van der Waals surface area (Å²) in [7, 11) is 0. The zero-order valence-corrected chi connectivity index (χ0v) is 12.4. The second-order valence-electron chi connectivity index (χ2n) is 4.90. The Bertz CT molecular complexity index is 473. The van der Waals surface area contributed by atoms with Gasteiger partial charge in [0.05, 0.1) is 36.8 Å². The average molecular weight is 293 g/mol. The van der Waals surface area contributed by atoms with Crippen LogP contribution in [0.3, 0.4) is 0 Å². The molecular formula is C15H23N3O3. The molecule has 1 aromatic carbocycles. The number of benzene rings is 1. The number of nitrogen functional groups attached to an aromatic ring is 1. The largest absolute Gasteiger partial charge is 0.462 e. The van der Waals surface area contributed by atoms with Gasteiger partial charge in [-0.25, -0.2) is 4.79 Å². The molecule has 0 unspecified atom stereocenters. The first-order chi connectivity index (χ1) is 10.2. The zero-order valence-electron chi connectivity index (χ0n) is 12.4. The molecular weight excluding hydrogens is 270 g/mol. The lowest BCUT2D eigenvalue weighted by Crippen LogP contribution is -2.39. The van der Waals surface area contributed by atoms with Gasteiger partial charge in [-0.2, -0.15) is 0 Å². The number of carbonyl (C=O) groups is 1. The van der Waals surface area contributed by atoms with Crippen LogP contribution in [0.15, 0.2) is 18.2 Å². The molecule has 1 fully saturated rings. The number of hydrogen-bond donors (Lipinski definition) is 2. The number of nitrogens with zero attached hydrogens (tertiary/aromatic N) is 1. The summed E-state index contributed by atoms with van der Waals surface area (Å²) in [6, 6.07) is 5.20. The quantitative estimate of drug-likeness (QED) is 0.606. The minimum Gasteiger partial charge on any atom is -0.462 e. The highest BCUT2D eigenvalue weighted by Gasteiger charge is 2.11. The van der Waals surface area contributed by atoms with Gasteiger partial charge in [0.25, 0.3) is 0 Å². The minimum absolute atomic E-state index is 0.343. The van der Waals surface area contributed by atoms with Crippen molar-refractivity contribution in [3.8, 4) is 0 Å². The summed E-state index contributed by atoms with van der Waals surface area (Å²) in [5.41, 5.74) is 7.85. The highest BCUT2D eigenvalue weighted by atomic mass is 16.5. The number of carbonyl (C=O) groups excluding carboxylic acids is 1. The van der Waals surface area contributed by atoms with Crippen LogP contribution in [0.2, 0.25) is 0 Å². The van der Waals surface area contributed by atoms with Crippen molar-refractivity contribution in [1.82, 2.24) is 4.90 Å². The Labute approximate surface area is 125 Å². The molecule has 1 saturated heterocycles. The molecule has 116 valence electrons. The summed E-state index contributed by atoms with van der Waals surface area (Å²) in [6.07, 6.45) is 0. The fourth-order valence-corrected chi connectivity index (χ4v) is 2.24. The lowest BCUT2D eigenvalue weighted by molar-refractivity contribution is 0.0398. The van der Waals surface area contributed by atoms with E-state index in [4.69, 9.17) is 15.2 Å². The number of anilines is 2. The van der Waals surface area contributed by atoms with Gasteiger partial charge in [-0.15, -0.1) is 0 Å². The van der Waals surface area contributed by atoms with Gasteiger partial charge in [-0.1, -0.05) is 0 Å². The van der Waals surface area contributed by atoms with Gasteiger partial charge < -0.3 is 20.5 Å². The molecule has 0 amide bonds. The van der Waals surface area contributed by atoms with Crippen molar-refractivity contribution in [3.63, 3.8) is 0 Å². The Morgan fingerprint density at radius 3 is 2.86 bits per heavy atom. The number of esters is 1. The third-order valence-corrected chi connectivity index (χ3v) is 3.41. The van der Waals surface area contributed by atoms with Crippen LogP contribution < -0.4 is 11.1 Å². The molecule has 0 saturated carbocycles. The van der Waals surface area contributed by atoms with Gasteiger partial charge in [-0.3, -0.25) is 4.90 Å². The highest BCUT2D eigenvalue weighted by molar-refractivity contribution is 5.91. The van der Waals surface area contributed by atoms with E-state index in [2.05, 4.69) is 10.2 Å². The Balaban J connectivity index is 1.84. The fourth-order valence-electron chi connectivity index (χ4n) is 2.24. The predicted octanol–water partition coefficient (Wildman–Crippen LogP) is 1.19. The summed E-state index contributed by atoms with van der Waals surface area (Å²) >= 11 is 0. The van der Waals surface area contributed by atoms with Gasteiger partial charge >= 0.3 is 5.97 Å². The molecule has 0 aliphatic carbocycles. The van der Waals surface area contributed by atoms with Gasteiger partial charge in [0, 0.05) is 26.2 Å². The SMILES string of the molecule is CCOC(=O)c1ccc(NCCN2CCOCC2)c(N)c1. The number of nitrogens with one attached hydrogen (secondary N) is 1. The van der Waals surface area contributed by atoms with Crippen LogP contribution in [0.1, 0.15) is 17.3 Å². The van der Waals surface area contributed by atoms with Crippen molar-refractivity contribution >= 4 is 17.3 Å². The second-order valence-corrected chi connectivity index (χ2v) is 4.90. The summed E-state index contributed by atoms with van der Waals surface area (Å²) in [5.74, 6) is -0.343. The summed E-state index contributed by atoms with van der Waals surface area (Å²) in [4.78, 5) is 14.0. The van der Waals surface area contributed by atoms with Gasteiger partial charge in [0.15, 0.2) is 0 Å². The van der Waals surface area contributed by atoms with E-state index in [0.29, 0.717) is 17.9 Å². The van der Waals surface area contributed by atoms with E-state index in [-0.39, 0.29) is 5.97 Å². The van der Waals surface area contributed by atoms with E-state index in [1.54, 1.807) is 19.1 Å². The maximum Gasteiger partial charge on any atom is 0.338 e. The number of morpholine rings is 1. The number of rotatable bonds is 6. The van der Waals surface area contributed by atoms with E-state index >= 15 is 0 Å². The van der Waals surface area contributed by atoms with Gasteiger partial charge in [-0.05, 0) is 25.1 Å². The maximum absolute atomic E-state index is 11.6. The smallest absolute Gasteiger partial charge is 0.338 e. The van der Waals surface area contributed by atoms with Crippen molar-refractivity contribution in [2.24, 2.45) is 0 Å². The van der Waals surface area contributed by atoms with Gasteiger partial charge in [0.1, 0.15) is 0 Å². The summed E-state index contributed by atoms with van der Waals surface area (Å²) < 4.78 is 10.3. The van der Waals surface area contributed by atoms with E-state index in [1.165, 1.54) is 0 Å². The van der Waals surface area contributed by atoms with Gasteiger partial charge in [0.2, 0.25) is 0 Å². The molecule has 0 spiro atoms. The van der Waals surface area contributed by atoms with Crippen molar-refractivity contribution < 1.29 is 14.3 Å². The van der Waals surface area contributed by atoms with Crippen LogP contribution in [0.4, 0.5) is 11.4 Å². The van der Waals surface area contributed by atoms with Crippen molar-refractivity contribution in [2.45, 2.75) is 6.92 Å². The standard InChI is InChI=1S/C15H23N3O3/c1-2-21-15(19)12-3-4-14(13(16)11-12)17-5-6-18-7-9-20-10-8-18/h3-4,11,17H,2,5-10,16H2,1H3. The maximum atomic E-state index is 11.6. The first-order valence-electron chi connectivity index (χ1n) is 7.31. The molecule has 21 heavy (non-hydrogen) atoms. The molecule has 0 aromatic heterocycles. The molecule has 0 bridgehead atoms. The molecule has 1 aromatic rings. The van der Waals surface area contributed by atoms with Crippen LogP contribution in [0, 0.1) is 0 Å². The normalized spacial score (nSPS) is 15.7. The number of nitrogens with two attached hydrogens (primary N) is 1. The second kappa shape index (κ2) is 7.85. The lowest BCUT2D eigenvalue weighted by atomic mass is 10.1. The van der Waals surface area contributed by atoms with Crippen LogP contribution in [-0.2, 0) is 9.47 Å². The predicted molar refractivity (Wildman–Crippen MR) is 82.6 cm³/mol. The molecule has 6 nitrogen and oxygen atoms in total. The van der Waals surface area contributed by atoms with Crippen LogP contribution in [0.25, 0.3) is 0 Å². The Morgan fingerprint density at radius 1 is 1.43 bits per heavy atom. The molecule has 6 heteroatoms. The van der Waals surface area contributed by atoms with E-state index in [0.717, 1.165) is 45.1 Å². The molecule has 0 atom stereocenters. The van der Waals surface area contributed by atoms with Crippen molar-refractivity contribution in [1.29, 1.82) is 0 Å². The third-order valence-electron chi connectivity index (χ3n) is 3.41. The van der Waals surface area contributed by atoms with Crippen LogP contribution in [-0.4, -0.2) is 56.9 Å². The topological polar surface area (TPSA) is 76.8 Å². The Hall–Kier alpha value is -1.79. The first kappa shape index (κ1) is 15.6. The van der Waals surface area contributed by atoms with E-state index < -0.39 is 0 Å². The van der Waals surface area contributed by atoms with Crippen LogP contribution in [0.5, 0.6) is 0 Å². The number of hydrogen-bond acceptors (Lipinski definition) is 6. The molecule has 1 aliphatic heterocycles. The zero-order chi connectivity index (χ0) is 15.1. The van der Waals surface area contributed by atoms with E-state index in [1.807, 2.05) is 6.07 Å². The summed E-state index contributed by atoms with van der Waals surface area (Å²) in [6.45, 7) is 7.44. The van der Waals surface area contributed by atoms with Crippen molar-refractivity contribution in [3.05, 3.63) is 23.8 Å². The first-order valence-corrected chi connectivity index (χ1v) is 7.31. The third kappa shape index (κ3) is 4.61. The minimum atomic E-state index is -0.343. The summed E-state index contributed by atoms with van der Waals surface area (Å²) in [5, 5.41) is 3.30. The lowest BCUT2D eigenvalue weighted by Gasteiger charge is -2.26. The Morgan fingerprint density at radius 2 is 2.19 bits per heavy atom. The highest BCUT2D eigenvalue weighted by Crippen LogP contribution is 2.20. The monoisotopic (exact) mass is 293 g/mol. The van der Waals surface area contributed by atoms with Crippen LogP contribution >= 0.6 is 0 Å². The molecule has 3 N–H and O–H groups in total. The number of ether oxygens (including phenoxy) is 2. The molecule has 0 radical (unpaired) electrons. The molecule has 2 rings (SSSR count). The molecule has 1 aliphatic rings. The van der Waals surface area contributed by atoms with E-state index in [9.17, 15) is 4.79 Å². The fraction of sp³-hybridized carbons (Fsp3) is 0.533. The Kier molecular flexibility index (Phi) is 5.83. The van der Waals surface area contributed by atoms with Crippen molar-refractivity contribution in [2.75, 3.05) is 57.1 Å². The average Bonchev–Trinajstić information content (AvgIpc) is 2.50.